The van der Waals surface area contributed by atoms with E-state index < -0.39 is 10.0 Å². The zero-order valence-electron chi connectivity index (χ0n) is 17.0. The Kier molecular flexibility index (Phi) is 7.82. The van der Waals surface area contributed by atoms with Crippen LogP contribution in [0.4, 0.5) is 0 Å². The third kappa shape index (κ3) is 5.45. The Morgan fingerprint density at radius 2 is 1.86 bits per heavy atom. The second-order valence-corrected chi connectivity index (χ2v) is 9.04. The number of nitrogens with zero attached hydrogens (tertiary/aromatic N) is 3. The molecule has 156 valence electrons. The van der Waals surface area contributed by atoms with Crippen LogP contribution < -0.4 is 5.32 Å². The zero-order valence-corrected chi connectivity index (χ0v) is 17.8. The molecule has 0 saturated carbocycles. The van der Waals surface area contributed by atoms with E-state index in [0.29, 0.717) is 6.54 Å². The summed E-state index contributed by atoms with van der Waals surface area (Å²) in [7, 11) is 1.03. The number of hydrogen-bond acceptors (Lipinski definition) is 5. The summed E-state index contributed by atoms with van der Waals surface area (Å²) in [6, 6.07) is 6.78. The van der Waals surface area contributed by atoms with Gasteiger partial charge in [-0.1, -0.05) is 12.1 Å². The Hall–Kier alpha value is -2.13. The van der Waals surface area contributed by atoms with Gasteiger partial charge in [-0.3, -0.25) is 4.79 Å². The molecule has 0 unspecified atom stereocenters. The second-order valence-electron chi connectivity index (χ2n) is 6.89. The lowest BCUT2D eigenvalue weighted by Crippen LogP contribution is -2.46. The van der Waals surface area contributed by atoms with Crippen LogP contribution in [0.3, 0.4) is 0 Å². The summed E-state index contributed by atoms with van der Waals surface area (Å²) in [6.45, 7) is 4.69. The first-order chi connectivity index (χ1) is 13.3. The lowest BCUT2D eigenvalue weighted by Gasteiger charge is -2.33. The van der Waals surface area contributed by atoms with Crippen LogP contribution in [0.15, 0.2) is 34.2 Å². The number of carbonyl (C=O) groups excluding carboxylic acids is 1. The fraction of sp³-hybridized carbons (Fsp3) is 0.579. The fourth-order valence-electron chi connectivity index (χ4n) is 3.06. The average Bonchev–Trinajstić information content (AvgIpc) is 2.70. The van der Waals surface area contributed by atoms with Gasteiger partial charge in [0.05, 0.1) is 24.5 Å². The molecule has 0 atom stereocenters. The summed E-state index contributed by atoms with van der Waals surface area (Å²) >= 11 is 0. The van der Waals surface area contributed by atoms with E-state index in [4.69, 9.17) is 4.74 Å². The number of esters is 1. The summed E-state index contributed by atoms with van der Waals surface area (Å²) in [5, 5.41) is 3.29. The number of methoxy groups -OCH3 is 1. The van der Waals surface area contributed by atoms with E-state index in [9.17, 15) is 13.2 Å². The van der Waals surface area contributed by atoms with Crippen LogP contribution in [0.25, 0.3) is 0 Å². The lowest BCUT2D eigenvalue weighted by molar-refractivity contribution is -0.146. The molecule has 0 spiro atoms. The smallest absolute Gasteiger partial charge is 0.308 e. The number of aliphatic imine (C=N–C) groups is 1. The van der Waals surface area contributed by atoms with Gasteiger partial charge >= 0.3 is 5.97 Å². The van der Waals surface area contributed by atoms with Gasteiger partial charge in [-0.2, -0.15) is 0 Å². The average molecular weight is 411 g/mol. The minimum Gasteiger partial charge on any atom is -0.469 e. The van der Waals surface area contributed by atoms with Crippen molar-refractivity contribution >= 4 is 22.0 Å². The number of rotatable bonds is 6. The van der Waals surface area contributed by atoms with E-state index in [1.54, 1.807) is 24.3 Å². The van der Waals surface area contributed by atoms with E-state index in [-0.39, 0.29) is 16.8 Å². The van der Waals surface area contributed by atoms with E-state index in [2.05, 4.69) is 15.2 Å². The van der Waals surface area contributed by atoms with Crippen LogP contribution in [0.5, 0.6) is 0 Å². The Morgan fingerprint density at radius 1 is 1.25 bits per heavy atom. The van der Waals surface area contributed by atoms with Crippen molar-refractivity contribution in [3.8, 4) is 0 Å². The molecule has 0 aliphatic carbocycles. The van der Waals surface area contributed by atoms with Crippen LogP contribution in [0.1, 0.15) is 25.3 Å². The highest BCUT2D eigenvalue weighted by atomic mass is 32.2. The molecule has 28 heavy (non-hydrogen) atoms. The molecule has 1 N–H and O–H groups in total. The lowest BCUT2D eigenvalue weighted by atomic mass is 9.97. The molecular weight excluding hydrogens is 380 g/mol. The van der Waals surface area contributed by atoms with Gasteiger partial charge in [0.15, 0.2) is 5.96 Å². The predicted octanol–water partition coefficient (Wildman–Crippen LogP) is 1.29. The summed E-state index contributed by atoms with van der Waals surface area (Å²) in [4.78, 5) is 18.8. The van der Waals surface area contributed by atoms with Crippen molar-refractivity contribution in [2.75, 3.05) is 40.8 Å². The molecule has 0 bridgehead atoms. The van der Waals surface area contributed by atoms with Crippen molar-refractivity contribution in [1.82, 2.24) is 14.5 Å². The molecule has 0 aromatic heterocycles. The fourth-order valence-corrected chi connectivity index (χ4v) is 3.96. The first-order valence-corrected chi connectivity index (χ1v) is 10.9. The minimum atomic E-state index is -3.43. The van der Waals surface area contributed by atoms with Gasteiger partial charge in [0.1, 0.15) is 0 Å². The largest absolute Gasteiger partial charge is 0.469 e. The minimum absolute atomic E-state index is 0.0460. The highest BCUT2D eigenvalue weighted by Crippen LogP contribution is 2.19. The molecule has 1 saturated heterocycles. The molecule has 1 aromatic rings. The molecule has 9 heteroatoms. The van der Waals surface area contributed by atoms with Crippen LogP contribution in [-0.4, -0.2) is 70.4 Å². The van der Waals surface area contributed by atoms with Crippen molar-refractivity contribution in [2.45, 2.75) is 31.2 Å². The van der Waals surface area contributed by atoms with Crippen molar-refractivity contribution < 1.29 is 17.9 Å². The van der Waals surface area contributed by atoms with Gasteiger partial charge in [-0.05, 0) is 37.5 Å². The Morgan fingerprint density at radius 3 is 2.36 bits per heavy atom. The highest BCUT2D eigenvalue weighted by molar-refractivity contribution is 7.89. The monoisotopic (exact) mass is 410 g/mol. The summed E-state index contributed by atoms with van der Waals surface area (Å²) in [5.74, 6) is 0.612. The number of benzene rings is 1. The Bertz CT molecular complexity index is 783. The Labute approximate surface area is 167 Å². The molecular formula is C19H30N4O4S. The van der Waals surface area contributed by atoms with Crippen LogP contribution in [-0.2, 0) is 26.1 Å². The number of carbonyl (C=O) groups is 1. The van der Waals surface area contributed by atoms with E-state index >= 15 is 0 Å². The maximum absolute atomic E-state index is 12.1. The normalized spacial score (nSPS) is 16.3. The summed E-state index contributed by atoms with van der Waals surface area (Å²) in [5.41, 5.74) is 0.928. The molecule has 0 radical (unpaired) electrons. The van der Waals surface area contributed by atoms with Gasteiger partial charge in [0, 0.05) is 33.7 Å². The van der Waals surface area contributed by atoms with E-state index in [1.807, 2.05) is 6.92 Å². The van der Waals surface area contributed by atoms with Crippen molar-refractivity contribution in [3.05, 3.63) is 29.8 Å². The molecule has 2 rings (SSSR count). The number of ether oxygens (including phenoxy) is 1. The van der Waals surface area contributed by atoms with Gasteiger partial charge in [-0.25, -0.2) is 17.7 Å². The van der Waals surface area contributed by atoms with Crippen LogP contribution >= 0.6 is 0 Å². The summed E-state index contributed by atoms with van der Waals surface area (Å²) < 4.78 is 30.3. The highest BCUT2D eigenvalue weighted by Gasteiger charge is 2.27. The SMILES string of the molecule is CCNC(=NCc1ccc(S(=O)(=O)N(C)C)cc1)N1CCC(C(=O)OC)CC1. The second kappa shape index (κ2) is 9.88. The van der Waals surface area contributed by atoms with Gasteiger partial charge in [0.25, 0.3) is 0 Å². The Balaban J connectivity index is 2.04. The van der Waals surface area contributed by atoms with Crippen molar-refractivity contribution in [2.24, 2.45) is 10.9 Å². The number of sulfonamides is 1. The van der Waals surface area contributed by atoms with Crippen molar-refractivity contribution in [1.29, 1.82) is 0 Å². The standard InChI is InChI=1S/C19H30N4O4S/c1-5-20-19(23-12-10-16(11-13-23)18(24)27-4)21-14-15-6-8-17(9-7-15)28(25,26)22(2)3/h6-9,16H,5,10-14H2,1-4H3,(H,20,21). The van der Waals surface area contributed by atoms with Crippen LogP contribution in [0, 0.1) is 5.92 Å². The molecule has 1 fully saturated rings. The molecule has 0 amide bonds. The summed E-state index contributed by atoms with van der Waals surface area (Å²) in [6.07, 6.45) is 1.49. The first kappa shape index (κ1) is 22.2. The topological polar surface area (TPSA) is 91.3 Å². The molecule has 1 aliphatic rings. The third-order valence-electron chi connectivity index (χ3n) is 4.78. The quantitative estimate of drug-likeness (QED) is 0.432. The maximum Gasteiger partial charge on any atom is 0.308 e. The zero-order chi connectivity index (χ0) is 20.7. The molecule has 1 aliphatic heterocycles. The number of hydrogen-bond donors (Lipinski definition) is 1. The molecule has 1 heterocycles. The number of nitrogens with one attached hydrogen (secondary N) is 1. The number of likely N-dealkylation sites (tertiary alicyclic amines) is 1. The molecule has 8 nitrogen and oxygen atoms in total. The number of guanidine groups is 1. The maximum atomic E-state index is 12.1. The first-order valence-electron chi connectivity index (χ1n) is 9.42. The van der Waals surface area contributed by atoms with Gasteiger partial charge < -0.3 is 15.0 Å². The van der Waals surface area contributed by atoms with Gasteiger partial charge in [-0.15, -0.1) is 0 Å². The van der Waals surface area contributed by atoms with Crippen LogP contribution in [0.2, 0.25) is 0 Å². The molecule has 1 aromatic carbocycles. The van der Waals surface area contributed by atoms with Gasteiger partial charge in [0.2, 0.25) is 10.0 Å². The predicted molar refractivity (Wildman–Crippen MR) is 108 cm³/mol. The third-order valence-corrected chi connectivity index (χ3v) is 6.61. The van der Waals surface area contributed by atoms with E-state index in [0.717, 1.165) is 44.0 Å². The van der Waals surface area contributed by atoms with Crippen molar-refractivity contribution in [3.63, 3.8) is 0 Å². The van der Waals surface area contributed by atoms with E-state index in [1.165, 1.54) is 25.5 Å². The number of piperidine rings is 1.